The van der Waals surface area contributed by atoms with Crippen LogP contribution in [0.2, 0.25) is 0 Å². The molecule has 0 radical (unpaired) electrons. The van der Waals surface area contributed by atoms with Crippen molar-refractivity contribution in [2.45, 2.75) is 211 Å². The number of fused-ring (bicyclic) bond motifs is 1. The van der Waals surface area contributed by atoms with Gasteiger partial charge in [-0.25, -0.2) is 4.79 Å². The second kappa shape index (κ2) is 20.8. The SMILES string of the molecule is CC1=C(/C=C/C(C)=C/C=C/C(C)=C/C(=O)OC2C3C4C5C2C2C3C3C6C(OC(=O)CCC(=O)Oc7c(C)c(C)c8c(c7C)CC[C@@](C)(CCC[C@H](C)CCC[C@H](C)CCCC(C)C)O8)C(C43)C5C62)C(C)(C)CCC1. The van der Waals surface area contributed by atoms with Crippen molar-refractivity contribution in [3.05, 3.63) is 81.0 Å². The van der Waals surface area contributed by atoms with Crippen LogP contribution in [0.4, 0.5) is 0 Å². The number of carbonyl (C=O) groups excluding carboxylic acids is 3. The first-order chi connectivity index (χ1) is 35.2. The van der Waals surface area contributed by atoms with Gasteiger partial charge in [0.05, 0.1) is 12.8 Å². The molecule has 1 aromatic carbocycles. The Labute approximate surface area is 446 Å². The molecule has 11 rings (SSSR count). The smallest absolute Gasteiger partial charge is 0.331 e. The minimum Gasteiger partial charge on any atom is -0.487 e. The molecule has 0 N–H and O–H groups in total. The van der Waals surface area contributed by atoms with Gasteiger partial charge in [-0.15, -0.1) is 0 Å². The average molecular weight is 1010 g/mol. The van der Waals surface area contributed by atoms with E-state index < -0.39 is 0 Å². The van der Waals surface area contributed by atoms with Gasteiger partial charge in [0.2, 0.25) is 0 Å². The highest BCUT2D eigenvalue weighted by atomic mass is 16.6. The quantitative estimate of drug-likeness (QED) is 0.0467. The van der Waals surface area contributed by atoms with Gasteiger partial charge >= 0.3 is 17.9 Å². The Kier molecular flexibility index (Phi) is 15.1. The maximum atomic E-state index is 13.6. The Bertz CT molecular complexity index is 2440. The van der Waals surface area contributed by atoms with E-state index in [1.54, 1.807) is 6.08 Å². The third kappa shape index (κ3) is 9.57. The first-order valence-corrected chi connectivity index (χ1v) is 30.0. The molecule has 1 heterocycles. The first-order valence-electron chi connectivity index (χ1n) is 30.0. The second-order valence-electron chi connectivity index (χ2n) is 27.6. The molecule has 74 heavy (non-hydrogen) atoms. The third-order valence-corrected chi connectivity index (χ3v) is 21.9. The summed E-state index contributed by atoms with van der Waals surface area (Å²) >= 11 is 0. The monoisotopic (exact) mass is 1010 g/mol. The van der Waals surface area contributed by atoms with Crippen molar-refractivity contribution >= 4 is 17.9 Å². The predicted molar refractivity (Wildman–Crippen MR) is 295 cm³/mol. The van der Waals surface area contributed by atoms with Gasteiger partial charge in [0, 0.05) is 35.3 Å². The zero-order chi connectivity index (χ0) is 52.7. The fraction of sp³-hybridized carbons (Fsp3) is 0.716. The number of allylic oxidation sites excluding steroid dienone is 9. The molecule has 7 heteroatoms. The number of carbonyl (C=O) groups is 3. The maximum Gasteiger partial charge on any atom is 0.331 e. The molecule has 9 aliphatic carbocycles. The first kappa shape index (κ1) is 53.5. The molecule has 0 saturated heterocycles. The van der Waals surface area contributed by atoms with Crippen LogP contribution in [-0.2, 0) is 30.3 Å². The highest BCUT2D eigenvalue weighted by Crippen LogP contribution is 2.93. The topological polar surface area (TPSA) is 88.1 Å². The highest BCUT2D eigenvalue weighted by Gasteiger charge is 2.93. The summed E-state index contributed by atoms with van der Waals surface area (Å²) in [6.07, 6.45) is 29.5. The molecule has 8 unspecified atom stereocenters. The second-order valence-corrected chi connectivity index (χ2v) is 27.6. The van der Waals surface area contributed by atoms with Crippen LogP contribution < -0.4 is 9.47 Å². The van der Waals surface area contributed by atoms with E-state index in [-0.39, 0.29) is 54.0 Å². The van der Waals surface area contributed by atoms with Crippen LogP contribution in [0, 0.1) is 115 Å². The fourth-order valence-corrected chi connectivity index (χ4v) is 18.8. The number of rotatable bonds is 23. The average Bonchev–Trinajstić information content (AvgIpc) is 4.18. The van der Waals surface area contributed by atoms with E-state index >= 15 is 0 Å². The Morgan fingerprint density at radius 1 is 0.635 bits per heavy atom. The van der Waals surface area contributed by atoms with E-state index in [9.17, 15) is 14.4 Å². The van der Waals surface area contributed by atoms with Crippen molar-refractivity contribution in [3.8, 4) is 11.5 Å². The molecule has 1 aliphatic heterocycles. The lowest BCUT2D eigenvalue weighted by Crippen LogP contribution is -2.37. The highest BCUT2D eigenvalue weighted by molar-refractivity contribution is 5.83. The van der Waals surface area contributed by atoms with Gasteiger partial charge in [-0.2, -0.15) is 0 Å². The molecule has 0 amide bonds. The Balaban J connectivity index is 0.671. The zero-order valence-corrected chi connectivity index (χ0v) is 48.0. The van der Waals surface area contributed by atoms with Crippen molar-refractivity contribution in [2.24, 2.45) is 94.2 Å². The molecule has 404 valence electrons. The fourth-order valence-electron chi connectivity index (χ4n) is 18.8. The van der Waals surface area contributed by atoms with Gasteiger partial charge in [0.25, 0.3) is 0 Å². The van der Waals surface area contributed by atoms with E-state index in [1.165, 1.54) is 87.3 Å². The van der Waals surface area contributed by atoms with E-state index in [4.69, 9.17) is 18.9 Å². The van der Waals surface area contributed by atoms with E-state index in [0.29, 0.717) is 76.8 Å². The molecule has 0 aromatic heterocycles. The lowest BCUT2D eigenvalue weighted by Gasteiger charge is -2.38. The van der Waals surface area contributed by atoms with Gasteiger partial charge < -0.3 is 18.9 Å². The van der Waals surface area contributed by atoms with Crippen LogP contribution in [0.25, 0.3) is 0 Å². The van der Waals surface area contributed by atoms with Gasteiger partial charge in [-0.05, 0) is 192 Å². The summed E-state index contributed by atoms with van der Waals surface area (Å²) < 4.78 is 25.9. The summed E-state index contributed by atoms with van der Waals surface area (Å²) in [5.74, 6) is 9.60. The minimum atomic E-state index is -0.385. The summed E-state index contributed by atoms with van der Waals surface area (Å²) in [4.78, 5) is 40.6. The summed E-state index contributed by atoms with van der Waals surface area (Å²) in [5.41, 5.74) is 9.16. The molecule has 7 nitrogen and oxygen atoms in total. The van der Waals surface area contributed by atoms with Crippen LogP contribution >= 0.6 is 0 Å². The Morgan fingerprint density at radius 3 is 1.77 bits per heavy atom. The van der Waals surface area contributed by atoms with Crippen molar-refractivity contribution in [3.63, 3.8) is 0 Å². The van der Waals surface area contributed by atoms with E-state index in [1.807, 2.05) is 26.0 Å². The molecule has 1 aromatic rings. The van der Waals surface area contributed by atoms with Crippen LogP contribution in [-0.4, -0.2) is 35.7 Å². The molecular formula is C67H94O7. The maximum absolute atomic E-state index is 13.6. The van der Waals surface area contributed by atoms with Crippen molar-refractivity contribution in [1.29, 1.82) is 0 Å². The van der Waals surface area contributed by atoms with Crippen LogP contribution in [0.5, 0.6) is 11.5 Å². The summed E-state index contributed by atoms with van der Waals surface area (Å²) in [7, 11) is 0. The normalized spacial score (nSPS) is 36.1. The number of hydrogen-bond acceptors (Lipinski definition) is 7. The van der Waals surface area contributed by atoms with E-state index in [0.717, 1.165) is 70.6 Å². The number of esters is 3. The van der Waals surface area contributed by atoms with Gasteiger partial charge in [0.1, 0.15) is 29.3 Å². The lowest BCUT2D eigenvalue weighted by atomic mass is 9.72. The molecule has 11 atom stereocenters. The van der Waals surface area contributed by atoms with Crippen molar-refractivity contribution in [2.75, 3.05) is 0 Å². The predicted octanol–water partition coefficient (Wildman–Crippen LogP) is 15.7. The molecule has 8 saturated carbocycles. The van der Waals surface area contributed by atoms with Gasteiger partial charge in [-0.3, -0.25) is 9.59 Å². The number of ether oxygens (including phenoxy) is 4. The summed E-state index contributed by atoms with van der Waals surface area (Å²) in [6, 6.07) is 0. The Morgan fingerprint density at radius 2 is 1.19 bits per heavy atom. The number of benzene rings is 1. The Hall–Kier alpha value is -3.87. The summed E-state index contributed by atoms with van der Waals surface area (Å²) in [5, 5.41) is 0. The standard InChI is InChI=1S/C67H94O7/c1-36(2)19-14-20-37(3)21-15-22-38(4)25-17-33-67(13)34-31-45-44(10)62(42(8)43(9)63(45)74-67)71-47(68)29-30-48(69)72-64-58-50-51-55-57-53(59(51)64)52(58)56-54(50)60(55)65(61(56)57)73-49(70)35-40(6)24-16-23-39(5)27-28-46-41(7)26-18-32-66(46,11)12/h16,23-24,27-28,35-38,50-61,64-65H,14-15,17-22,25-26,29-34H2,1-13H3/b24-16+,28-27+,39-23+,40-35+/t37-,38-,50?,51?,52?,53?,54?,55?,56?,57?,58?,59?,60?,61?,64?,65?,67-/m1/s1. The lowest BCUT2D eigenvalue weighted by molar-refractivity contribution is -0.155. The molecule has 0 spiro atoms. The van der Waals surface area contributed by atoms with E-state index in [2.05, 4.69) is 94.4 Å². The largest absolute Gasteiger partial charge is 0.487 e. The summed E-state index contributed by atoms with van der Waals surface area (Å²) in [6.45, 7) is 29.1. The molecular weight excluding hydrogens is 917 g/mol. The van der Waals surface area contributed by atoms with Crippen LogP contribution in [0.1, 0.15) is 188 Å². The van der Waals surface area contributed by atoms with Gasteiger partial charge in [0.15, 0.2) is 0 Å². The van der Waals surface area contributed by atoms with Crippen LogP contribution in [0.3, 0.4) is 0 Å². The molecule has 10 aliphatic rings. The van der Waals surface area contributed by atoms with Crippen molar-refractivity contribution in [1.82, 2.24) is 0 Å². The zero-order valence-electron chi connectivity index (χ0n) is 48.0. The van der Waals surface area contributed by atoms with Crippen LogP contribution in [0.15, 0.2) is 58.7 Å². The van der Waals surface area contributed by atoms with Crippen molar-refractivity contribution < 1.29 is 33.3 Å². The van der Waals surface area contributed by atoms with Gasteiger partial charge in [-0.1, -0.05) is 128 Å². The number of hydrogen-bond donors (Lipinski definition) is 0. The minimum absolute atomic E-state index is 0.00194. The molecule has 4 bridgehead atoms. The third-order valence-electron chi connectivity index (χ3n) is 21.9. The molecule has 8 fully saturated rings.